The number of nitrogens with one attached hydrogen (secondary N) is 2. The van der Waals surface area contributed by atoms with Gasteiger partial charge in [-0.05, 0) is 31.4 Å². The highest BCUT2D eigenvalue weighted by atomic mass is 32.2. The molecule has 0 aromatic carbocycles. The van der Waals surface area contributed by atoms with E-state index in [0.717, 1.165) is 12.2 Å². The molecule has 0 aliphatic rings. The van der Waals surface area contributed by atoms with Crippen LogP contribution in [0.4, 0.5) is 4.79 Å². The van der Waals surface area contributed by atoms with Crippen molar-refractivity contribution in [1.29, 1.82) is 0 Å². The van der Waals surface area contributed by atoms with Gasteiger partial charge in [0.15, 0.2) is 0 Å². The number of carbonyl (C=O) groups excluding carboxylic acids is 1. The number of hydrogen-bond acceptors (Lipinski definition) is 3. The first-order valence-electron chi connectivity index (χ1n) is 6.60. The minimum atomic E-state index is -0.816. The summed E-state index contributed by atoms with van der Waals surface area (Å²) in [7, 11) is 0. The molecule has 6 heteroatoms. The average molecular weight is 290 g/mol. The molecule has 0 rings (SSSR count). The first kappa shape index (κ1) is 18.1. The van der Waals surface area contributed by atoms with Crippen LogP contribution in [0.1, 0.15) is 33.6 Å². The second kappa shape index (κ2) is 9.95. The van der Waals surface area contributed by atoms with E-state index in [2.05, 4.69) is 24.5 Å². The van der Waals surface area contributed by atoms with Crippen molar-refractivity contribution < 1.29 is 14.7 Å². The summed E-state index contributed by atoms with van der Waals surface area (Å²) in [6.45, 7) is 6.45. The highest BCUT2D eigenvalue weighted by Gasteiger charge is 2.16. The van der Waals surface area contributed by atoms with Gasteiger partial charge in [-0.3, -0.25) is 4.79 Å². The molecule has 0 heterocycles. The molecule has 0 aromatic rings. The van der Waals surface area contributed by atoms with Crippen LogP contribution in [0.5, 0.6) is 0 Å². The molecule has 3 N–H and O–H groups in total. The van der Waals surface area contributed by atoms with Crippen molar-refractivity contribution in [3.8, 4) is 0 Å². The molecule has 0 fully saturated rings. The van der Waals surface area contributed by atoms with E-state index >= 15 is 0 Å². The Morgan fingerprint density at radius 3 is 2.37 bits per heavy atom. The Balaban J connectivity index is 4.08. The third-order valence-corrected chi connectivity index (χ3v) is 3.45. The summed E-state index contributed by atoms with van der Waals surface area (Å²) in [5.74, 6) is 0.449. The molecule has 112 valence electrons. The van der Waals surface area contributed by atoms with Gasteiger partial charge < -0.3 is 15.7 Å². The van der Waals surface area contributed by atoms with Crippen molar-refractivity contribution in [1.82, 2.24) is 10.6 Å². The van der Waals surface area contributed by atoms with Crippen LogP contribution in [0.2, 0.25) is 0 Å². The predicted octanol–water partition coefficient (Wildman–Crippen LogP) is 2.17. The van der Waals surface area contributed by atoms with Crippen LogP contribution >= 0.6 is 11.8 Å². The van der Waals surface area contributed by atoms with Crippen molar-refractivity contribution in [3.63, 3.8) is 0 Å². The first-order valence-corrected chi connectivity index (χ1v) is 7.99. The van der Waals surface area contributed by atoms with E-state index in [1.807, 2.05) is 13.2 Å². The SMILES string of the molecule is CSCC(C)NC(=O)NC[C@H](CC(=O)O)CC(C)C. The van der Waals surface area contributed by atoms with Crippen molar-refractivity contribution in [2.75, 3.05) is 18.6 Å². The fourth-order valence-electron chi connectivity index (χ4n) is 1.96. The summed E-state index contributed by atoms with van der Waals surface area (Å²) in [5.41, 5.74) is 0. The van der Waals surface area contributed by atoms with Crippen molar-refractivity contribution in [2.45, 2.75) is 39.7 Å². The summed E-state index contributed by atoms with van der Waals surface area (Å²) in [6, 6.07) is -0.112. The first-order chi connectivity index (χ1) is 8.85. The van der Waals surface area contributed by atoms with Gasteiger partial charge in [0.25, 0.3) is 0 Å². The number of aliphatic carboxylic acids is 1. The topological polar surface area (TPSA) is 78.4 Å². The zero-order valence-electron chi connectivity index (χ0n) is 12.2. The Kier molecular flexibility index (Phi) is 9.47. The Bertz CT molecular complexity index is 285. The number of urea groups is 1. The highest BCUT2D eigenvalue weighted by molar-refractivity contribution is 7.98. The van der Waals surface area contributed by atoms with E-state index in [0.29, 0.717) is 12.5 Å². The van der Waals surface area contributed by atoms with E-state index in [4.69, 9.17) is 5.11 Å². The summed E-state index contributed by atoms with van der Waals surface area (Å²) in [4.78, 5) is 22.4. The van der Waals surface area contributed by atoms with Crippen LogP contribution in [0.3, 0.4) is 0 Å². The molecule has 2 atom stereocenters. The number of amides is 2. The molecule has 0 aliphatic carbocycles. The normalized spacial score (nSPS) is 13.9. The summed E-state index contributed by atoms with van der Waals surface area (Å²) >= 11 is 1.67. The van der Waals surface area contributed by atoms with Crippen LogP contribution in [-0.2, 0) is 4.79 Å². The lowest BCUT2D eigenvalue weighted by Crippen LogP contribution is -2.43. The lowest BCUT2D eigenvalue weighted by molar-refractivity contribution is -0.138. The molecule has 0 bridgehead atoms. The van der Waals surface area contributed by atoms with Crippen molar-refractivity contribution in [2.24, 2.45) is 11.8 Å². The second-order valence-electron chi connectivity index (χ2n) is 5.30. The van der Waals surface area contributed by atoms with E-state index in [1.165, 1.54) is 0 Å². The van der Waals surface area contributed by atoms with Gasteiger partial charge in [0.2, 0.25) is 0 Å². The van der Waals surface area contributed by atoms with Crippen LogP contribution in [0, 0.1) is 11.8 Å². The minimum absolute atomic E-state index is 0.0147. The molecule has 0 saturated carbocycles. The highest BCUT2D eigenvalue weighted by Crippen LogP contribution is 2.14. The smallest absolute Gasteiger partial charge is 0.315 e. The number of carboxylic acid groups (broad SMARTS) is 1. The lowest BCUT2D eigenvalue weighted by atomic mass is 9.94. The number of carboxylic acids is 1. The molecular weight excluding hydrogens is 264 g/mol. The van der Waals surface area contributed by atoms with E-state index in [1.54, 1.807) is 11.8 Å². The van der Waals surface area contributed by atoms with Gasteiger partial charge in [-0.1, -0.05) is 13.8 Å². The van der Waals surface area contributed by atoms with E-state index < -0.39 is 5.97 Å². The molecule has 19 heavy (non-hydrogen) atoms. The summed E-state index contributed by atoms with van der Waals surface area (Å²) in [6.07, 6.45) is 2.88. The summed E-state index contributed by atoms with van der Waals surface area (Å²) < 4.78 is 0. The maximum Gasteiger partial charge on any atom is 0.315 e. The maximum atomic E-state index is 11.6. The van der Waals surface area contributed by atoms with Gasteiger partial charge >= 0.3 is 12.0 Å². The largest absolute Gasteiger partial charge is 0.481 e. The van der Waals surface area contributed by atoms with Gasteiger partial charge in [0.05, 0.1) is 0 Å². The molecule has 2 amide bonds. The Morgan fingerprint density at radius 2 is 1.89 bits per heavy atom. The minimum Gasteiger partial charge on any atom is -0.481 e. The van der Waals surface area contributed by atoms with Crippen LogP contribution in [0.15, 0.2) is 0 Å². The van der Waals surface area contributed by atoms with Crippen LogP contribution in [-0.4, -0.2) is 41.7 Å². The Labute approximate surface area is 119 Å². The van der Waals surface area contributed by atoms with Crippen LogP contribution in [0.25, 0.3) is 0 Å². The van der Waals surface area contributed by atoms with Crippen LogP contribution < -0.4 is 10.6 Å². The van der Waals surface area contributed by atoms with E-state index in [9.17, 15) is 9.59 Å². The van der Waals surface area contributed by atoms with Gasteiger partial charge in [0, 0.05) is 24.8 Å². The van der Waals surface area contributed by atoms with Gasteiger partial charge in [-0.2, -0.15) is 11.8 Å². The van der Waals surface area contributed by atoms with Crippen molar-refractivity contribution in [3.05, 3.63) is 0 Å². The molecule has 1 unspecified atom stereocenters. The number of thioether (sulfide) groups is 1. The van der Waals surface area contributed by atoms with Gasteiger partial charge in [-0.15, -0.1) is 0 Å². The molecule has 5 nitrogen and oxygen atoms in total. The molecule has 0 radical (unpaired) electrons. The monoisotopic (exact) mass is 290 g/mol. The molecule has 0 saturated heterocycles. The van der Waals surface area contributed by atoms with Gasteiger partial charge in [-0.25, -0.2) is 4.79 Å². The standard InChI is InChI=1S/C13H26N2O3S/c1-9(2)5-11(6-12(16)17)7-14-13(18)15-10(3)8-19-4/h9-11H,5-8H2,1-4H3,(H,16,17)(H2,14,15,18)/t10?,11-/m0/s1. The molecule has 0 aromatic heterocycles. The van der Waals surface area contributed by atoms with Gasteiger partial charge in [0.1, 0.15) is 0 Å². The van der Waals surface area contributed by atoms with Crippen molar-refractivity contribution >= 4 is 23.8 Å². The Hall–Kier alpha value is -0.910. The lowest BCUT2D eigenvalue weighted by Gasteiger charge is -2.19. The fraction of sp³-hybridized carbons (Fsp3) is 0.846. The fourth-order valence-corrected chi connectivity index (χ4v) is 2.54. The van der Waals surface area contributed by atoms with E-state index in [-0.39, 0.29) is 24.4 Å². The third kappa shape index (κ3) is 10.7. The number of hydrogen-bond donors (Lipinski definition) is 3. The molecule has 0 aliphatic heterocycles. The predicted molar refractivity (Wildman–Crippen MR) is 79.6 cm³/mol. The average Bonchev–Trinajstić information content (AvgIpc) is 2.24. The maximum absolute atomic E-state index is 11.6. The zero-order chi connectivity index (χ0) is 14.8. The Morgan fingerprint density at radius 1 is 1.26 bits per heavy atom. The summed E-state index contributed by atoms with van der Waals surface area (Å²) in [5, 5.41) is 14.4. The molecular formula is C13H26N2O3S. The zero-order valence-corrected chi connectivity index (χ0v) is 13.0. The number of carbonyl (C=O) groups is 2. The second-order valence-corrected chi connectivity index (χ2v) is 6.21. The number of rotatable bonds is 9. The molecule has 0 spiro atoms. The third-order valence-electron chi connectivity index (χ3n) is 2.61. The quantitative estimate of drug-likeness (QED) is 0.608.